The van der Waals surface area contributed by atoms with Crippen LogP contribution in [0.4, 0.5) is 11.4 Å². The van der Waals surface area contributed by atoms with Gasteiger partial charge in [-0.25, -0.2) is 0 Å². The standard InChI is InChI=1S/C9H15N3O2S/c1-3-11-15(13,14)12-9-7(2)5-4-6-8(9)10/h4-6,11-12H,3,10H2,1-2H3. The Morgan fingerprint density at radius 3 is 2.60 bits per heavy atom. The molecule has 0 aromatic heterocycles. The van der Waals surface area contributed by atoms with Gasteiger partial charge in [-0.05, 0) is 18.6 Å². The SMILES string of the molecule is CCNS(=O)(=O)Nc1c(C)cccc1N. The van der Waals surface area contributed by atoms with Crippen LogP contribution in [-0.4, -0.2) is 15.0 Å². The van der Waals surface area contributed by atoms with Gasteiger partial charge in [-0.15, -0.1) is 0 Å². The summed E-state index contributed by atoms with van der Waals surface area (Å²) < 4.78 is 27.6. The Labute approximate surface area is 89.9 Å². The number of aryl methyl sites for hydroxylation is 1. The number of hydrogen-bond donors (Lipinski definition) is 3. The molecule has 0 atom stereocenters. The Morgan fingerprint density at radius 1 is 1.40 bits per heavy atom. The molecule has 1 aromatic carbocycles. The first-order chi connectivity index (χ1) is 6.96. The summed E-state index contributed by atoms with van der Waals surface area (Å²) in [6, 6.07) is 5.21. The highest BCUT2D eigenvalue weighted by Crippen LogP contribution is 2.23. The first-order valence-corrected chi connectivity index (χ1v) is 6.07. The van der Waals surface area contributed by atoms with E-state index in [1.807, 2.05) is 0 Å². The van der Waals surface area contributed by atoms with Gasteiger partial charge in [-0.1, -0.05) is 19.1 Å². The zero-order chi connectivity index (χ0) is 11.5. The smallest absolute Gasteiger partial charge is 0.299 e. The van der Waals surface area contributed by atoms with E-state index in [1.165, 1.54) is 0 Å². The molecule has 0 amide bonds. The van der Waals surface area contributed by atoms with E-state index in [1.54, 1.807) is 32.0 Å². The lowest BCUT2D eigenvalue weighted by Crippen LogP contribution is -2.30. The lowest BCUT2D eigenvalue weighted by atomic mass is 10.2. The van der Waals surface area contributed by atoms with Crippen molar-refractivity contribution in [2.75, 3.05) is 17.0 Å². The van der Waals surface area contributed by atoms with Crippen molar-refractivity contribution < 1.29 is 8.42 Å². The monoisotopic (exact) mass is 229 g/mol. The lowest BCUT2D eigenvalue weighted by molar-refractivity contribution is 0.589. The highest BCUT2D eigenvalue weighted by molar-refractivity contribution is 7.90. The molecule has 6 heteroatoms. The van der Waals surface area contributed by atoms with Crippen molar-refractivity contribution in [3.63, 3.8) is 0 Å². The predicted molar refractivity (Wildman–Crippen MR) is 61.8 cm³/mol. The van der Waals surface area contributed by atoms with E-state index in [9.17, 15) is 8.42 Å². The topological polar surface area (TPSA) is 84.2 Å². The molecule has 0 aliphatic heterocycles. The average Bonchev–Trinajstić information content (AvgIpc) is 2.11. The molecule has 1 rings (SSSR count). The minimum absolute atomic E-state index is 0.334. The predicted octanol–water partition coefficient (Wildman–Crippen LogP) is 0.843. The van der Waals surface area contributed by atoms with Crippen LogP contribution in [0.3, 0.4) is 0 Å². The molecule has 84 valence electrons. The third-order valence-electron chi connectivity index (χ3n) is 1.88. The van der Waals surface area contributed by atoms with Crippen LogP contribution in [0, 0.1) is 6.92 Å². The van der Waals surface area contributed by atoms with Crippen LogP contribution >= 0.6 is 0 Å². The minimum atomic E-state index is -3.51. The summed E-state index contributed by atoms with van der Waals surface area (Å²) in [5.41, 5.74) is 7.30. The molecule has 0 saturated carbocycles. The van der Waals surface area contributed by atoms with E-state index >= 15 is 0 Å². The zero-order valence-corrected chi connectivity index (χ0v) is 9.56. The molecule has 0 spiro atoms. The highest BCUT2D eigenvalue weighted by Gasteiger charge is 2.11. The Morgan fingerprint density at radius 2 is 2.07 bits per heavy atom. The molecule has 0 aliphatic carbocycles. The maximum Gasteiger partial charge on any atom is 0.299 e. The van der Waals surface area contributed by atoms with Crippen LogP contribution in [0.25, 0.3) is 0 Å². The van der Waals surface area contributed by atoms with Gasteiger partial charge < -0.3 is 5.73 Å². The second kappa shape index (κ2) is 4.50. The van der Waals surface area contributed by atoms with Crippen molar-refractivity contribution >= 4 is 21.6 Å². The molecule has 0 heterocycles. The van der Waals surface area contributed by atoms with E-state index in [0.29, 0.717) is 17.9 Å². The molecular weight excluding hydrogens is 214 g/mol. The van der Waals surface area contributed by atoms with Crippen molar-refractivity contribution in [2.24, 2.45) is 0 Å². The summed E-state index contributed by atoms with van der Waals surface area (Å²) in [6.07, 6.45) is 0. The summed E-state index contributed by atoms with van der Waals surface area (Å²) in [5.74, 6) is 0. The summed E-state index contributed by atoms with van der Waals surface area (Å²) in [7, 11) is -3.51. The van der Waals surface area contributed by atoms with Gasteiger partial charge in [0, 0.05) is 6.54 Å². The zero-order valence-electron chi connectivity index (χ0n) is 8.74. The van der Waals surface area contributed by atoms with E-state index in [-0.39, 0.29) is 0 Å². The van der Waals surface area contributed by atoms with E-state index < -0.39 is 10.2 Å². The largest absolute Gasteiger partial charge is 0.397 e. The second-order valence-corrected chi connectivity index (χ2v) is 4.64. The summed E-state index contributed by atoms with van der Waals surface area (Å²) in [5, 5.41) is 0. The molecule has 0 radical (unpaired) electrons. The Balaban J connectivity index is 2.99. The molecular formula is C9H15N3O2S. The third kappa shape index (κ3) is 3.10. The van der Waals surface area contributed by atoms with Crippen molar-refractivity contribution in [3.8, 4) is 0 Å². The van der Waals surface area contributed by atoms with Gasteiger partial charge in [0.05, 0.1) is 11.4 Å². The van der Waals surface area contributed by atoms with Crippen LogP contribution < -0.4 is 15.2 Å². The van der Waals surface area contributed by atoms with Crippen LogP contribution in [0.5, 0.6) is 0 Å². The molecule has 1 aromatic rings. The van der Waals surface area contributed by atoms with E-state index in [4.69, 9.17) is 5.73 Å². The first-order valence-electron chi connectivity index (χ1n) is 4.58. The quantitative estimate of drug-likeness (QED) is 0.669. The van der Waals surface area contributed by atoms with Crippen LogP contribution in [0.15, 0.2) is 18.2 Å². The molecule has 15 heavy (non-hydrogen) atoms. The van der Waals surface area contributed by atoms with Crippen molar-refractivity contribution in [2.45, 2.75) is 13.8 Å². The van der Waals surface area contributed by atoms with Gasteiger partial charge in [-0.3, -0.25) is 4.72 Å². The number of anilines is 2. The third-order valence-corrected chi connectivity index (χ3v) is 3.02. The van der Waals surface area contributed by atoms with E-state index in [2.05, 4.69) is 9.44 Å². The summed E-state index contributed by atoms with van der Waals surface area (Å²) in [6.45, 7) is 3.84. The Bertz CT molecular complexity index is 422. The molecule has 0 bridgehead atoms. The summed E-state index contributed by atoms with van der Waals surface area (Å²) in [4.78, 5) is 0. The molecule has 0 fully saturated rings. The van der Waals surface area contributed by atoms with E-state index in [0.717, 1.165) is 5.56 Å². The normalized spacial score (nSPS) is 11.3. The first kappa shape index (κ1) is 11.8. The van der Waals surface area contributed by atoms with Crippen LogP contribution in [0.2, 0.25) is 0 Å². The number of hydrogen-bond acceptors (Lipinski definition) is 3. The van der Waals surface area contributed by atoms with Crippen molar-refractivity contribution in [1.82, 2.24) is 4.72 Å². The number of benzene rings is 1. The number of nitrogens with two attached hydrogens (primary N) is 1. The molecule has 0 unspecified atom stereocenters. The second-order valence-electron chi connectivity index (χ2n) is 3.14. The van der Waals surface area contributed by atoms with Gasteiger partial charge in [-0.2, -0.15) is 13.1 Å². The fourth-order valence-corrected chi connectivity index (χ4v) is 2.19. The number of nitrogen functional groups attached to an aromatic ring is 1. The van der Waals surface area contributed by atoms with Crippen LogP contribution in [0.1, 0.15) is 12.5 Å². The molecule has 0 aliphatic rings. The Hall–Kier alpha value is -1.27. The van der Waals surface area contributed by atoms with Gasteiger partial charge in [0.25, 0.3) is 10.2 Å². The van der Waals surface area contributed by atoms with Gasteiger partial charge in [0.2, 0.25) is 0 Å². The summed E-state index contributed by atoms with van der Waals surface area (Å²) >= 11 is 0. The minimum Gasteiger partial charge on any atom is -0.397 e. The molecule has 4 N–H and O–H groups in total. The maximum atomic E-state index is 11.4. The number of nitrogens with one attached hydrogen (secondary N) is 2. The van der Waals surface area contributed by atoms with Crippen molar-refractivity contribution in [3.05, 3.63) is 23.8 Å². The average molecular weight is 229 g/mol. The van der Waals surface area contributed by atoms with Gasteiger partial charge in [0.1, 0.15) is 0 Å². The fraction of sp³-hybridized carbons (Fsp3) is 0.333. The van der Waals surface area contributed by atoms with Crippen molar-refractivity contribution in [1.29, 1.82) is 0 Å². The molecule has 0 saturated heterocycles. The number of para-hydroxylation sites is 1. The van der Waals surface area contributed by atoms with Crippen LogP contribution in [-0.2, 0) is 10.2 Å². The fourth-order valence-electron chi connectivity index (χ4n) is 1.19. The van der Waals surface area contributed by atoms with Gasteiger partial charge >= 0.3 is 0 Å². The Kier molecular flexibility index (Phi) is 3.54. The maximum absolute atomic E-state index is 11.4. The molecule has 5 nitrogen and oxygen atoms in total. The van der Waals surface area contributed by atoms with Gasteiger partial charge in [0.15, 0.2) is 0 Å². The number of rotatable bonds is 4. The lowest BCUT2D eigenvalue weighted by Gasteiger charge is -2.12. The highest BCUT2D eigenvalue weighted by atomic mass is 32.2.